The number of anilines is 2. The Morgan fingerprint density at radius 3 is 2.88 bits per heavy atom. The number of fused-ring (bicyclic) bond motifs is 2. The monoisotopic (exact) mass is 339 g/mol. The van der Waals surface area contributed by atoms with Crippen molar-refractivity contribution in [2.45, 2.75) is 19.5 Å². The molecule has 3 aromatic rings. The van der Waals surface area contributed by atoms with Gasteiger partial charge in [-0.1, -0.05) is 12.1 Å². The molecule has 0 atom stereocenters. The van der Waals surface area contributed by atoms with Crippen LogP contribution in [0.4, 0.5) is 11.8 Å². The highest BCUT2D eigenvalue weighted by atomic mass is 16.3. The number of nitrogens with two attached hydrogens (primary N) is 2. The minimum Gasteiger partial charge on any atom is -0.440 e. The Labute approximate surface area is 142 Å². The van der Waals surface area contributed by atoms with E-state index in [1.165, 1.54) is 0 Å². The molecule has 4 rings (SSSR count). The lowest BCUT2D eigenvalue weighted by Crippen LogP contribution is -2.36. The average molecular weight is 339 g/mol. The second-order valence-electron chi connectivity index (χ2n) is 6.11. The van der Waals surface area contributed by atoms with Gasteiger partial charge < -0.3 is 15.9 Å². The van der Waals surface area contributed by atoms with E-state index >= 15 is 0 Å². The number of rotatable bonds is 2. The van der Waals surface area contributed by atoms with Gasteiger partial charge in [-0.25, -0.2) is 4.98 Å². The standard InChI is InChI=1S/C17H17N5O3/c18-15-11(14(23)9-3-1-2-4-13(9)25-15)8-22-6-5-12-10(7-22)16(24)21-17(19)20-12/h1-4H,5-8,18H2,(H3,19,20,21,24). The molecule has 0 amide bonds. The van der Waals surface area contributed by atoms with Crippen LogP contribution in [-0.4, -0.2) is 21.4 Å². The molecule has 0 fully saturated rings. The minimum absolute atomic E-state index is 0.110. The molecule has 25 heavy (non-hydrogen) atoms. The van der Waals surface area contributed by atoms with Gasteiger partial charge in [0.2, 0.25) is 5.95 Å². The molecule has 0 bridgehead atoms. The summed E-state index contributed by atoms with van der Waals surface area (Å²) in [4.78, 5) is 33.5. The van der Waals surface area contributed by atoms with Gasteiger partial charge in [0.05, 0.1) is 22.2 Å². The van der Waals surface area contributed by atoms with Gasteiger partial charge in [0.25, 0.3) is 5.56 Å². The summed E-state index contributed by atoms with van der Waals surface area (Å²) in [6, 6.07) is 7.00. The molecule has 2 aromatic heterocycles. The molecular formula is C17H17N5O3. The van der Waals surface area contributed by atoms with Gasteiger partial charge in [0, 0.05) is 26.1 Å². The van der Waals surface area contributed by atoms with Crippen molar-refractivity contribution in [1.29, 1.82) is 0 Å². The van der Waals surface area contributed by atoms with Crippen LogP contribution in [0, 0.1) is 0 Å². The zero-order valence-electron chi connectivity index (χ0n) is 13.4. The summed E-state index contributed by atoms with van der Waals surface area (Å²) in [6.45, 7) is 1.33. The first-order chi connectivity index (χ1) is 12.0. The number of aromatic amines is 1. The highest BCUT2D eigenvalue weighted by Crippen LogP contribution is 2.21. The van der Waals surface area contributed by atoms with Gasteiger partial charge in [-0.2, -0.15) is 0 Å². The third-order valence-corrected chi connectivity index (χ3v) is 4.47. The van der Waals surface area contributed by atoms with E-state index in [0.717, 1.165) is 0 Å². The summed E-state index contributed by atoms with van der Waals surface area (Å²) in [5.41, 5.74) is 13.3. The van der Waals surface area contributed by atoms with Crippen LogP contribution in [0.5, 0.6) is 0 Å². The topological polar surface area (TPSA) is 131 Å². The molecule has 0 unspecified atom stereocenters. The van der Waals surface area contributed by atoms with E-state index in [9.17, 15) is 9.59 Å². The van der Waals surface area contributed by atoms with Crippen LogP contribution < -0.4 is 22.5 Å². The smallest absolute Gasteiger partial charge is 0.257 e. The molecule has 8 heteroatoms. The second-order valence-corrected chi connectivity index (χ2v) is 6.11. The lowest BCUT2D eigenvalue weighted by Gasteiger charge is -2.27. The number of nitrogens with one attached hydrogen (secondary N) is 1. The largest absolute Gasteiger partial charge is 0.440 e. The highest BCUT2D eigenvalue weighted by Gasteiger charge is 2.23. The second kappa shape index (κ2) is 5.75. The van der Waals surface area contributed by atoms with E-state index in [1.807, 2.05) is 4.90 Å². The number of nitrogens with zero attached hydrogens (tertiary/aromatic N) is 2. The molecule has 5 N–H and O–H groups in total. The van der Waals surface area contributed by atoms with Crippen molar-refractivity contribution in [2.75, 3.05) is 18.0 Å². The molecule has 1 aliphatic heterocycles. The van der Waals surface area contributed by atoms with Gasteiger partial charge in [-0.15, -0.1) is 0 Å². The summed E-state index contributed by atoms with van der Waals surface area (Å²) in [5, 5.41) is 0.497. The number of aromatic nitrogens is 2. The van der Waals surface area contributed by atoms with Crippen LogP contribution in [0.3, 0.4) is 0 Å². The van der Waals surface area contributed by atoms with Crippen LogP contribution in [0.15, 0.2) is 38.3 Å². The maximum atomic E-state index is 12.7. The van der Waals surface area contributed by atoms with Gasteiger partial charge in [0.1, 0.15) is 5.58 Å². The van der Waals surface area contributed by atoms with Crippen LogP contribution in [0.2, 0.25) is 0 Å². The van der Waals surface area contributed by atoms with E-state index < -0.39 is 0 Å². The molecule has 0 saturated carbocycles. The van der Waals surface area contributed by atoms with Gasteiger partial charge in [-0.3, -0.25) is 19.5 Å². The predicted molar refractivity (Wildman–Crippen MR) is 94.0 cm³/mol. The van der Waals surface area contributed by atoms with Gasteiger partial charge in [-0.05, 0) is 12.1 Å². The number of para-hydroxylation sites is 1. The Bertz CT molecular complexity index is 1090. The number of hydrogen-bond acceptors (Lipinski definition) is 7. The summed E-state index contributed by atoms with van der Waals surface area (Å²) < 4.78 is 5.58. The first-order valence-corrected chi connectivity index (χ1v) is 7.93. The lowest BCUT2D eigenvalue weighted by atomic mass is 10.1. The van der Waals surface area contributed by atoms with Gasteiger partial charge >= 0.3 is 0 Å². The predicted octanol–water partition coefficient (Wildman–Crippen LogP) is 0.599. The van der Waals surface area contributed by atoms with Crippen molar-refractivity contribution in [3.8, 4) is 0 Å². The first-order valence-electron chi connectivity index (χ1n) is 7.93. The zero-order chi connectivity index (χ0) is 17.6. The van der Waals surface area contributed by atoms with E-state index in [1.54, 1.807) is 24.3 Å². The van der Waals surface area contributed by atoms with Crippen LogP contribution >= 0.6 is 0 Å². The molecule has 1 aromatic carbocycles. The van der Waals surface area contributed by atoms with E-state index in [-0.39, 0.29) is 22.8 Å². The summed E-state index contributed by atoms with van der Waals surface area (Å²) in [6.07, 6.45) is 0.586. The maximum absolute atomic E-state index is 12.7. The summed E-state index contributed by atoms with van der Waals surface area (Å²) in [7, 11) is 0. The molecule has 0 saturated heterocycles. The van der Waals surface area contributed by atoms with Gasteiger partial charge in [0.15, 0.2) is 11.3 Å². The number of hydrogen-bond donors (Lipinski definition) is 3. The fourth-order valence-corrected chi connectivity index (χ4v) is 3.21. The highest BCUT2D eigenvalue weighted by molar-refractivity contribution is 5.78. The Morgan fingerprint density at radius 1 is 1.24 bits per heavy atom. The SMILES string of the molecule is Nc1nc2c(c(=O)[nH]1)CN(Cc1c(N)oc3ccccc3c1=O)CC2. The third kappa shape index (κ3) is 2.66. The van der Waals surface area contributed by atoms with Crippen molar-refractivity contribution < 1.29 is 4.42 Å². The van der Waals surface area contributed by atoms with Crippen molar-refractivity contribution in [2.24, 2.45) is 0 Å². The van der Waals surface area contributed by atoms with E-state index in [2.05, 4.69) is 9.97 Å². The molecule has 0 radical (unpaired) electrons. The zero-order valence-corrected chi connectivity index (χ0v) is 13.4. The molecule has 0 spiro atoms. The number of H-pyrrole nitrogens is 1. The number of nitrogen functional groups attached to an aromatic ring is 2. The first kappa shape index (κ1) is 15.4. The van der Waals surface area contributed by atoms with E-state index in [0.29, 0.717) is 53.8 Å². The van der Waals surface area contributed by atoms with Crippen LogP contribution in [0.1, 0.15) is 16.8 Å². The maximum Gasteiger partial charge on any atom is 0.257 e. The van der Waals surface area contributed by atoms with Crippen LogP contribution in [-0.2, 0) is 19.5 Å². The molecule has 128 valence electrons. The third-order valence-electron chi connectivity index (χ3n) is 4.47. The summed E-state index contributed by atoms with van der Waals surface area (Å²) >= 11 is 0. The van der Waals surface area contributed by atoms with E-state index in [4.69, 9.17) is 15.9 Å². The fourth-order valence-electron chi connectivity index (χ4n) is 3.21. The quantitative estimate of drug-likeness (QED) is 0.623. The summed E-state index contributed by atoms with van der Waals surface area (Å²) in [5.74, 6) is 0.232. The van der Waals surface area contributed by atoms with Crippen molar-refractivity contribution in [3.63, 3.8) is 0 Å². The Kier molecular flexibility index (Phi) is 3.54. The number of benzene rings is 1. The Morgan fingerprint density at radius 2 is 2.04 bits per heavy atom. The normalized spacial score (nSPS) is 14.6. The lowest BCUT2D eigenvalue weighted by molar-refractivity contribution is 0.240. The Balaban J connectivity index is 1.69. The minimum atomic E-state index is -0.245. The fraction of sp³-hybridized carbons (Fsp3) is 0.235. The molecule has 3 heterocycles. The molecular weight excluding hydrogens is 322 g/mol. The molecule has 0 aliphatic carbocycles. The molecule has 8 nitrogen and oxygen atoms in total. The Hall–Kier alpha value is -3.13. The average Bonchev–Trinajstić information content (AvgIpc) is 2.59. The van der Waals surface area contributed by atoms with Crippen molar-refractivity contribution in [1.82, 2.24) is 14.9 Å². The van der Waals surface area contributed by atoms with Crippen molar-refractivity contribution in [3.05, 3.63) is 61.7 Å². The van der Waals surface area contributed by atoms with Crippen molar-refractivity contribution >= 4 is 22.8 Å². The van der Waals surface area contributed by atoms with Crippen LogP contribution in [0.25, 0.3) is 11.0 Å². The molecule has 1 aliphatic rings.